The van der Waals surface area contributed by atoms with Crippen molar-refractivity contribution in [2.45, 2.75) is 25.6 Å². The van der Waals surface area contributed by atoms with Crippen molar-refractivity contribution < 1.29 is 18.7 Å². The summed E-state index contributed by atoms with van der Waals surface area (Å²) in [7, 11) is 1.56. The number of nitrogens with zero attached hydrogens (tertiary/aromatic N) is 3. The van der Waals surface area contributed by atoms with Crippen molar-refractivity contribution in [3.05, 3.63) is 89.3 Å². The molecule has 2 aromatic heterocycles. The maximum atomic E-state index is 13.8. The highest BCUT2D eigenvalue weighted by molar-refractivity contribution is 6.30. The van der Waals surface area contributed by atoms with E-state index in [-0.39, 0.29) is 24.9 Å². The molecule has 3 heterocycles. The molecule has 0 spiro atoms. The number of fused-ring (bicyclic) bond motifs is 1. The molecular formula is C26H23ClN4O4. The van der Waals surface area contributed by atoms with Gasteiger partial charge in [0, 0.05) is 29.4 Å². The standard InChI is InChI=1S/C26H23ClN4O4/c1-26(25(33)28-15-17-8-10-18(27)11-9-17)16-30-22(14-21(29-30)23-7-4-12-35-23)24(32)31(26)19-5-3-6-20(13-19)34-2/h3-14H,15-16H2,1-2H3,(H,28,33). The molecule has 1 atom stereocenters. The molecule has 1 aliphatic heterocycles. The first-order valence-electron chi connectivity index (χ1n) is 11.0. The number of carbonyl (C=O) groups excluding carboxylic acids is 2. The SMILES string of the molecule is COc1cccc(N2C(=O)c3cc(-c4ccco4)nn3CC2(C)C(=O)NCc2ccc(Cl)cc2)c1. The van der Waals surface area contributed by atoms with E-state index >= 15 is 0 Å². The van der Waals surface area contributed by atoms with Crippen LogP contribution in [-0.2, 0) is 17.9 Å². The molecule has 2 amide bonds. The molecule has 5 rings (SSSR count). The number of aromatic nitrogens is 2. The van der Waals surface area contributed by atoms with Gasteiger partial charge in [0.2, 0.25) is 5.91 Å². The van der Waals surface area contributed by atoms with Crippen LogP contribution in [0.5, 0.6) is 5.75 Å². The molecule has 1 N–H and O–H groups in total. The minimum absolute atomic E-state index is 0.151. The second-order valence-corrected chi connectivity index (χ2v) is 8.91. The Kier molecular flexibility index (Phi) is 5.82. The van der Waals surface area contributed by atoms with E-state index in [0.29, 0.717) is 33.6 Å². The van der Waals surface area contributed by atoms with Gasteiger partial charge in [-0.15, -0.1) is 0 Å². The Hall–Kier alpha value is -4.04. The molecule has 0 saturated heterocycles. The minimum atomic E-state index is -1.27. The Bertz CT molecular complexity index is 1380. The fraction of sp³-hybridized carbons (Fsp3) is 0.192. The first-order chi connectivity index (χ1) is 16.9. The maximum Gasteiger partial charge on any atom is 0.277 e. The van der Waals surface area contributed by atoms with E-state index in [0.717, 1.165) is 5.56 Å². The lowest BCUT2D eigenvalue weighted by Crippen LogP contribution is -2.64. The summed E-state index contributed by atoms with van der Waals surface area (Å²) in [6, 6.07) is 19.5. The van der Waals surface area contributed by atoms with Crippen molar-refractivity contribution in [1.82, 2.24) is 15.1 Å². The van der Waals surface area contributed by atoms with Gasteiger partial charge in [0.1, 0.15) is 22.7 Å². The summed E-state index contributed by atoms with van der Waals surface area (Å²) < 4.78 is 12.4. The molecule has 4 aromatic rings. The number of halogens is 1. The van der Waals surface area contributed by atoms with Gasteiger partial charge in [0.15, 0.2) is 5.76 Å². The second kappa shape index (κ2) is 8.96. The molecule has 35 heavy (non-hydrogen) atoms. The van der Waals surface area contributed by atoms with Crippen LogP contribution in [0.1, 0.15) is 23.0 Å². The average molecular weight is 491 g/mol. The van der Waals surface area contributed by atoms with Crippen LogP contribution >= 0.6 is 11.6 Å². The van der Waals surface area contributed by atoms with Gasteiger partial charge in [-0.3, -0.25) is 19.2 Å². The van der Waals surface area contributed by atoms with E-state index < -0.39 is 5.54 Å². The molecule has 0 saturated carbocycles. The molecule has 1 unspecified atom stereocenters. The van der Waals surface area contributed by atoms with Crippen molar-refractivity contribution in [2.24, 2.45) is 0 Å². The fourth-order valence-electron chi connectivity index (χ4n) is 4.26. The number of methoxy groups -OCH3 is 1. The summed E-state index contributed by atoms with van der Waals surface area (Å²) in [5.74, 6) is 0.458. The van der Waals surface area contributed by atoms with Gasteiger partial charge in [0.25, 0.3) is 5.91 Å². The number of anilines is 1. The third-order valence-electron chi connectivity index (χ3n) is 6.09. The van der Waals surface area contributed by atoms with Crippen molar-refractivity contribution in [2.75, 3.05) is 12.0 Å². The summed E-state index contributed by atoms with van der Waals surface area (Å²) in [4.78, 5) is 29.0. The number of carbonyl (C=O) groups is 2. The lowest BCUT2D eigenvalue weighted by molar-refractivity contribution is -0.126. The number of furan rings is 1. The normalized spacial score (nSPS) is 17.2. The molecule has 9 heteroatoms. The summed E-state index contributed by atoms with van der Waals surface area (Å²) in [6.07, 6.45) is 1.55. The Labute approximate surface area is 207 Å². The summed E-state index contributed by atoms with van der Waals surface area (Å²) >= 11 is 5.97. The maximum absolute atomic E-state index is 13.8. The van der Waals surface area contributed by atoms with Crippen LogP contribution in [0.3, 0.4) is 0 Å². The molecule has 0 aliphatic carbocycles. The zero-order chi connectivity index (χ0) is 24.6. The Morgan fingerprint density at radius 1 is 1.17 bits per heavy atom. The van der Waals surface area contributed by atoms with Crippen molar-refractivity contribution in [1.29, 1.82) is 0 Å². The number of nitrogens with one attached hydrogen (secondary N) is 1. The Morgan fingerprint density at radius 3 is 2.69 bits per heavy atom. The number of benzene rings is 2. The van der Waals surface area contributed by atoms with Crippen LogP contribution in [0, 0.1) is 0 Å². The molecule has 0 fully saturated rings. The summed E-state index contributed by atoms with van der Waals surface area (Å²) in [6.45, 7) is 2.17. The highest BCUT2D eigenvalue weighted by Gasteiger charge is 2.49. The van der Waals surface area contributed by atoms with Gasteiger partial charge < -0.3 is 14.5 Å². The van der Waals surface area contributed by atoms with Crippen LogP contribution in [0.2, 0.25) is 5.02 Å². The third kappa shape index (κ3) is 4.17. The van der Waals surface area contributed by atoms with Gasteiger partial charge in [-0.25, -0.2) is 0 Å². The predicted molar refractivity (Wildman–Crippen MR) is 131 cm³/mol. The molecule has 8 nitrogen and oxygen atoms in total. The molecule has 1 aliphatic rings. The highest BCUT2D eigenvalue weighted by Crippen LogP contribution is 2.35. The second-order valence-electron chi connectivity index (χ2n) is 8.47. The number of hydrogen-bond acceptors (Lipinski definition) is 5. The van der Waals surface area contributed by atoms with Crippen molar-refractivity contribution in [3.63, 3.8) is 0 Å². The summed E-state index contributed by atoms with van der Waals surface area (Å²) in [5.41, 5.74) is 1.05. The van der Waals surface area contributed by atoms with E-state index in [4.69, 9.17) is 20.8 Å². The average Bonchev–Trinajstić information content (AvgIpc) is 3.54. The zero-order valence-corrected chi connectivity index (χ0v) is 20.0. The molecule has 2 aromatic carbocycles. The molecular weight excluding hydrogens is 468 g/mol. The van der Waals surface area contributed by atoms with Gasteiger partial charge in [0.05, 0.1) is 19.9 Å². The van der Waals surface area contributed by atoms with Crippen LogP contribution in [0.15, 0.2) is 77.4 Å². The van der Waals surface area contributed by atoms with Gasteiger partial charge in [-0.1, -0.05) is 29.8 Å². The van der Waals surface area contributed by atoms with E-state index in [2.05, 4.69) is 10.4 Å². The Balaban J connectivity index is 1.53. The highest BCUT2D eigenvalue weighted by atomic mass is 35.5. The smallest absolute Gasteiger partial charge is 0.277 e. The van der Waals surface area contributed by atoms with Crippen molar-refractivity contribution in [3.8, 4) is 17.2 Å². The van der Waals surface area contributed by atoms with Gasteiger partial charge in [-0.2, -0.15) is 5.10 Å². The van der Waals surface area contributed by atoms with E-state index in [9.17, 15) is 9.59 Å². The van der Waals surface area contributed by atoms with E-state index in [1.807, 2.05) is 12.1 Å². The first kappa shape index (κ1) is 22.7. The molecule has 178 valence electrons. The van der Waals surface area contributed by atoms with Crippen molar-refractivity contribution >= 4 is 29.1 Å². The lowest BCUT2D eigenvalue weighted by Gasteiger charge is -2.43. The molecule has 0 radical (unpaired) electrons. The third-order valence-corrected chi connectivity index (χ3v) is 6.35. The zero-order valence-electron chi connectivity index (χ0n) is 19.2. The molecule has 0 bridgehead atoms. The van der Waals surface area contributed by atoms with E-state index in [1.54, 1.807) is 79.6 Å². The minimum Gasteiger partial charge on any atom is -0.497 e. The monoisotopic (exact) mass is 490 g/mol. The number of ether oxygens (including phenoxy) is 1. The number of rotatable bonds is 6. The predicted octanol–water partition coefficient (Wildman–Crippen LogP) is 4.54. The van der Waals surface area contributed by atoms with Crippen LogP contribution in [0.25, 0.3) is 11.5 Å². The first-order valence-corrected chi connectivity index (χ1v) is 11.4. The number of amides is 2. The van der Waals surface area contributed by atoms with Gasteiger partial charge in [-0.05, 0) is 48.9 Å². The van der Waals surface area contributed by atoms with Crippen LogP contribution < -0.4 is 15.0 Å². The van der Waals surface area contributed by atoms with Crippen LogP contribution in [-0.4, -0.2) is 34.2 Å². The van der Waals surface area contributed by atoms with Gasteiger partial charge >= 0.3 is 0 Å². The fourth-order valence-corrected chi connectivity index (χ4v) is 4.38. The quantitative estimate of drug-likeness (QED) is 0.428. The lowest BCUT2D eigenvalue weighted by atomic mass is 9.93. The topological polar surface area (TPSA) is 89.6 Å². The largest absolute Gasteiger partial charge is 0.497 e. The van der Waals surface area contributed by atoms with E-state index in [1.165, 1.54) is 4.90 Å². The number of hydrogen-bond donors (Lipinski definition) is 1. The summed E-state index contributed by atoms with van der Waals surface area (Å²) in [5, 5.41) is 8.16. The van der Waals surface area contributed by atoms with Crippen LogP contribution in [0.4, 0.5) is 5.69 Å². The Morgan fingerprint density at radius 2 is 1.97 bits per heavy atom.